The molecule has 1 aromatic carbocycles. The first kappa shape index (κ1) is 16.3. The average Bonchev–Trinajstić information content (AvgIpc) is 2.40. The van der Waals surface area contributed by atoms with Crippen LogP contribution in [0, 0.1) is 0 Å². The smallest absolute Gasteiger partial charge is 0.250 e. The van der Waals surface area contributed by atoms with Crippen molar-refractivity contribution in [3.8, 4) is 0 Å². The molecule has 1 aliphatic heterocycles. The minimum absolute atomic E-state index is 0. The van der Waals surface area contributed by atoms with Crippen molar-refractivity contribution in [2.45, 2.75) is 23.5 Å². The zero-order valence-electron chi connectivity index (χ0n) is 10.8. The topological polar surface area (TPSA) is 64.3 Å². The highest BCUT2D eigenvalue weighted by atomic mass is 35.5. The van der Waals surface area contributed by atoms with Crippen molar-refractivity contribution < 1.29 is 9.53 Å². The van der Waals surface area contributed by atoms with E-state index in [9.17, 15) is 4.79 Å². The van der Waals surface area contributed by atoms with Crippen LogP contribution in [0.1, 0.15) is 18.0 Å². The van der Waals surface area contributed by atoms with Crippen LogP contribution in [0.3, 0.4) is 0 Å². The van der Waals surface area contributed by atoms with Gasteiger partial charge in [-0.2, -0.15) is 0 Å². The summed E-state index contributed by atoms with van der Waals surface area (Å²) in [6.07, 6.45) is 0.376. The number of thioether (sulfide) groups is 1. The van der Waals surface area contributed by atoms with Gasteiger partial charge in [0.05, 0.1) is 6.04 Å². The minimum Gasteiger partial charge on any atom is -0.370 e. The Morgan fingerprint density at radius 1 is 1.58 bits per heavy atom. The summed E-state index contributed by atoms with van der Waals surface area (Å²) in [6.45, 7) is 0.200. The van der Waals surface area contributed by atoms with E-state index >= 15 is 0 Å². The van der Waals surface area contributed by atoms with Gasteiger partial charge in [-0.3, -0.25) is 4.79 Å². The fourth-order valence-corrected chi connectivity index (χ4v) is 3.19. The molecular weight excluding hydrogens is 284 g/mol. The van der Waals surface area contributed by atoms with E-state index in [-0.39, 0.29) is 30.9 Å². The average molecular weight is 303 g/mol. The van der Waals surface area contributed by atoms with E-state index in [2.05, 4.69) is 17.4 Å². The first-order valence-corrected chi connectivity index (χ1v) is 6.99. The normalized spacial score (nSPS) is 18.9. The standard InChI is InChI=1S/C13H18N2O2S.ClH/c1-17-11(8-14)13(16)15-10-6-7-18-12-5-3-2-4-9(10)12;/h2-5,10-11H,6-8,14H2,1H3,(H,15,16);1H. The molecule has 6 heteroatoms. The quantitative estimate of drug-likeness (QED) is 0.889. The Hall–Kier alpha value is -0.750. The lowest BCUT2D eigenvalue weighted by molar-refractivity contribution is -0.131. The number of hydrogen-bond donors (Lipinski definition) is 2. The SMILES string of the molecule is COC(CN)C(=O)NC1CCSc2ccccc21.Cl. The number of nitrogens with two attached hydrogens (primary N) is 1. The highest BCUT2D eigenvalue weighted by Crippen LogP contribution is 2.35. The molecule has 2 rings (SSSR count). The van der Waals surface area contributed by atoms with Crippen LogP contribution in [-0.2, 0) is 9.53 Å². The first-order chi connectivity index (χ1) is 8.76. The number of benzene rings is 1. The Morgan fingerprint density at radius 3 is 3.00 bits per heavy atom. The fraction of sp³-hybridized carbons (Fsp3) is 0.462. The Labute approximate surface area is 123 Å². The second-order valence-electron chi connectivity index (χ2n) is 4.20. The number of methoxy groups -OCH3 is 1. The van der Waals surface area contributed by atoms with Gasteiger partial charge in [0, 0.05) is 24.3 Å². The summed E-state index contributed by atoms with van der Waals surface area (Å²) < 4.78 is 5.05. The molecule has 3 N–H and O–H groups in total. The molecule has 0 saturated carbocycles. The summed E-state index contributed by atoms with van der Waals surface area (Å²) in [4.78, 5) is 13.2. The van der Waals surface area contributed by atoms with E-state index in [0.717, 1.165) is 12.2 Å². The molecule has 0 fully saturated rings. The largest absolute Gasteiger partial charge is 0.370 e. The van der Waals surface area contributed by atoms with Gasteiger partial charge in [-0.1, -0.05) is 18.2 Å². The predicted molar refractivity (Wildman–Crippen MR) is 79.8 cm³/mol. The molecule has 4 nitrogen and oxygen atoms in total. The maximum atomic E-state index is 12.0. The molecule has 0 saturated heterocycles. The zero-order valence-corrected chi connectivity index (χ0v) is 12.4. The van der Waals surface area contributed by atoms with Crippen molar-refractivity contribution in [3.63, 3.8) is 0 Å². The molecule has 1 heterocycles. The lowest BCUT2D eigenvalue weighted by Crippen LogP contribution is -2.42. The van der Waals surface area contributed by atoms with Crippen molar-refractivity contribution in [1.29, 1.82) is 0 Å². The van der Waals surface area contributed by atoms with Gasteiger partial charge in [-0.05, 0) is 18.1 Å². The van der Waals surface area contributed by atoms with Crippen LogP contribution in [0.15, 0.2) is 29.2 Å². The third-order valence-corrected chi connectivity index (χ3v) is 4.19. The lowest BCUT2D eigenvalue weighted by Gasteiger charge is -2.27. The summed E-state index contributed by atoms with van der Waals surface area (Å²) >= 11 is 1.83. The maximum Gasteiger partial charge on any atom is 0.250 e. The highest BCUT2D eigenvalue weighted by Gasteiger charge is 2.24. The zero-order chi connectivity index (χ0) is 13.0. The van der Waals surface area contributed by atoms with E-state index in [1.165, 1.54) is 17.6 Å². The van der Waals surface area contributed by atoms with Gasteiger partial charge in [-0.15, -0.1) is 24.2 Å². The lowest BCUT2D eigenvalue weighted by atomic mass is 10.0. The van der Waals surface area contributed by atoms with Gasteiger partial charge in [0.25, 0.3) is 5.91 Å². The molecule has 2 atom stereocenters. The molecular formula is C13H19ClN2O2S. The van der Waals surface area contributed by atoms with Crippen LogP contribution in [0.4, 0.5) is 0 Å². The maximum absolute atomic E-state index is 12.0. The summed E-state index contributed by atoms with van der Waals surface area (Å²) in [6, 6.07) is 8.25. The van der Waals surface area contributed by atoms with Crippen molar-refractivity contribution in [3.05, 3.63) is 29.8 Å². The summed E-state index contributed by atoms with van der Waals surface area (Å²) in [5.41, 5.74) is 6.68. The number of amides is 1. The summed E-state index contributed by atoms with van der Waals surface area (Å²) in [7, 11) is 1.50. The molecule has 0 aliphatic carbocycles. The number of fused-ring (bicyclic) bond motifs is 1. The highest BCUT2D eigenvalue weighted by molar-refractivity contribution is 7.99. The van der Waals surface area contributed by atoms with Gasteiger partial charge in [-0.25, -0.2) is 0 Å². The van der Waals surface area contributed by atoms with Crippen LogP contribution in [-0.4, -0.2) is 31.4 Å². The first-order valence-electron chi connectivity index (χ1n) is 6.01. The minimum atomic E-state index is -0.563. The van der Waals surface area contributed by atoms with E-state index in [1.807, 2.05) is 23.9 Å². The van der Waals surface area contributed by atoms with E-state index < -0.39 is 6.10 Å². The molecule has 2 unspecified atom stereocenters. The third-order valence-electron chi connectivity index (χ3n) is 3.07. The van der Waals surface area contributed by atoms with Gasteiger partial charge < -0.3 is 15.8 Å². The van der Waals surface area contributed by atoms with Gasteiger partial charge in [0.2, 0.25) is 0 Å². The van der Waals surface area contributed by atoms with Crippen LogP contribution in [0.2, 0.25) is 0 Å². The Morgan fingerprint density at radius 2 is 2.32 bits per heavy atom. The van der Waals surface area contributed by atoms with Crippen molar-refractivity contribution in [2.24, 2.45) is 5.73 Å². The van der Waals surface area contributed by atoms with Crippen molar-refractivity contribution >= 4 is 30.1 Å². The van der Waals surface area contributed by atoms with Crippen LogP contribution < -0.4 is 11.1 Å². The monoisotopic (exact) mass is 302 g/mol. The second kappa shape index (κ2) is 7.75. The molecule has 0 bridgehead atoms. The number of rotatable bonds is 4. The molecule has 1 amide bonds. The third kappa shape index (κ3) is 3.86. The number of hydrogen-bond acceptors (Lipinski definition) is 4. The van der Waals surface area contributed by atoms with Gasteiger partial charge in [0.1, 0.15) is 6.10 Å². The number of ether oxygens (including phenoxy) is 1. The molecule has 0 spiro atoms. The number of carbonyl (C=O) groups excluding carboxylic acids is 1. The number of halogens is 1. The second-order valence-corrected chi connectivity index (χ2v) is 5.33. The van der Waals surface area contributed by atoms with Crippen LogP contribution in [0.25, 0.3) is 0 Å². The van der Waals surface area contributed by atoms with Crippen LogP contribution >= 0.6 is 24.2 Å². The Kier molecular flexibility index (Phi) is 6.65. The van der Waals surface area contributed by atoms with Crippen molar-refractivity contribution in [2.75, 3.05) is 19.4 Å². The Bertz CT molecular complexity index is 427. The predicted octanol–water partition coefficient (Wildman–Crippen LogP) is 1.74. The Balaban J connectivity index is 0.00000180. The van der Waals surface area contributed by atoms with Gasteiger partial charge >= 0.3 is 0 Å². The summed E-state index contributed by atoms with van der Waals surface area (Å²) in [5, 5.41) is 3.02. The van der Waals surface area contributed by atoms with E-state index in [0.29, 0.717) is 0 Å². The molecule has 19 heavy (non-hydrogen) atoms. The molecule has 106 valence electrons. The summed E-state index contributed by atoms with van der Waals surface area (Å²) in [5.74, 6) is 0.883. The molecule has 0 aromatic heterocycles. The number of carbonyl (C=O) groups is 1. The van der Waals surface area contributed by atoms with Crippen molar-refractivity contribution in [1.82, 2.24) is 5.32 Å². The molecule has 0 radical (unpaired) electrons. The fourth-order valence-electron chi connectivity index (χ4n) is 2.07. The molecule has 1 aliphatic rings. The number of nitrogens with one attached hydrogen (secondary N) is 1. The van der Waals surface area contributed by atoms with Crippen LogP contribution in [0.5, 0.6) is 0 Å². The molecule has 1 aromatic rings. The van der Waals surface area contributed by atoms with E-state index in [1.54, 1.807) is 0 Å². The van der Waals surface area contributed by atoms with Gasteiger partial charge in [0.15, 0.2) is 0 Å². The van der Waals surface area contributed by atoms with E-state index in [4.69, 9.17) is 10.5 Å².